The van der Waals surface area contributed by atoms with Crippen LogP contribution >= 0.6 is 0 Å². The lowest BCUT2D eigenvalue weighted by molar-refractivity contribution is -0.146. The molecular weight excluding hydrogens is 204 g/mol. The molecule has 0 saturated heterocycles. The SMILES string of the molecule is CC1=NC(C)(C)C(O)(c2ccccc2)NO1. The quantitative estimate of drug-likeness (QED) is 0.755. The van der Waals surface area contributed by atoms with E-state index >= 15 is 0 Å². The van der Waals surface area contributed by atoms with Crippen molar-refractivity contribution >= 4 is 5.90 Å². The molecule has 1 unspecified atom stereocenters. The first kappa shape index (κ1) is 11.1. The molecule has 1 aliphatic heterocycles. The minimum absolute atomic E-state index is 0.519. The molecule has 0 saturated carbocycles. The number of aliphatic hydroxyl groups is 1. The van der Waals surface area contributed by atoms with Gasteiger partial charge in [0.2, 0.25) is 5.90 Å². The number of benzene rings is 1. The lowest BCUT2D eigenvalue weighted by atomic mass is 9.85. The summed E-state index contributed by atoms with van der Waals surface area (Å²) < 4.78 is 0. The highest BCUT2D eigenvalue weighted by atomic mass is 16.7. The minimum atomic E-state index is -1.31. The van der Waals surface area contributed by atoms with E-state index in [0.717, 1.165) is 5.56 Å². The largest absolute Gasteiger partial charge is 0.391 e. The van der Waals surface area contributed by atoms with Crippen molar-refractivity contribution in [2.75, 3.05) is 0 Å². The van der Waals surface area contributed by atoms with Gasteiger partial charge in [0.05, 0.1) is 0 Å². The summed E-state index contributed by atoms with van der Waals surface area (Å²) in [6, 6.07) is 9.33. The summed E-state index contributed by atoms with van der Waals surface area (Å²) in [5, 5.41) is 10.6. The number of rotatable bonds is 1. The zero-order chi connectivity index (χ0) is 11.8. The summed E-state index contributed by atoms with van der Waals surface area (Å²) in [6.07, 6.45) is 0. The monoisotopic (exact) mass is 220 g/mol. The van der Waals surface area contributed by atoms with Crippen LogP contribution in [0.3, 0.4) is 0 Å². The molecule has 4 nitrogen and oxygen atoms in total. The number of hydrogen-bond donors (Lipinski definition) is 2. The van der Waals surface area contributed by atoms with Gasteiger partial charge in [0.25, 0.3) is 0 Å². The van der Waals surface area contributed by atoms with Crippen LogP contribution in [0.2, 0.25) is 0 Å². The van der Waals surface area contributed by atoms with E-state index in [-0.39, 0.29) is 0 Å². The van der Waals surface area contributed by atoms with Crippen molar-refractivity contribution in [2.24, 2.45) is 4.99 Å². The van der Waals surface area contributed by atoms with E-state index in [4.69, 9.17) is 4.84 Å². The van der Waals surface area contributed by atoms with Gasteiger partial charge in [-0.3, -0.25) is 0 Å². The van der Waals surface area contributed by atoms with Gasteiger partial charge in [0.1, 0.15) is 5.54 Å². The van der Waals surface area contributed by atoms with E-state index in [9.17, 15) is 5.11 Å². The van der Waals surface area contributed by atoms with E-state index in [1.54, 1.807) is 6.92 Å². The topological polar surface area (TPSA) is 53.9 Å². The van der Waals surface area contributed by atoms with Crippen LogP contribution in [-0.4, -0.2) is 16.5 Å². The Morgan fingerprint density at radius 3 is 2.44 bits per heavy atom. The summed E-state index contributed by atoms with van der Waals surface area (Å²) in [5.74, 6) is 0.519. The van der Waals surface area contributed by atoms with Crippen molar-refractivity contribution in [1.29, 1.82) is 0 Å². The van der Waals surface area contributed by atoms with Gasteiger partial charge in [-0.2, -0.15) is 0 Å². The third-order valence-corrected chi connectivity index (χ3v) is 2.86. The number of nitrogens with one attached hydrogen (secondary N) is 1. The molecule has 1 heterocycles. The molecule has 0 fully saturated rings. The van der Waals surface area contributed by atoms with Crippen LogP contribution in [0, 0.1) is 0 Å². The molecule has 0 bridgehead atoms. The first-order chi connectivity index (χ1) is 7.46. The molecule has 1 atom stereocenters. The van der Waals surface area contributed by atoms with E-state index in [1.165, 1.54) is 0 Å². The van der Waals surface area contributed by atoms with Crippen LogP contribution in [0.4, 0.5) is 0 Å². The molecule has 0 aromatic heterocycles. The average Bonchev–Trinajstić information content (AvgIpc) is 2.25. The van der Waals surface area contributed by atoms with E-state index in [0.29, 0.717) is 5.90 Å². The van der Waals surface area contributed by atoms with Crippen molar-refractivity contribution in [1.82, 2.24) is 5.48 Å². The second-order valence-electron chi connectivity index (χ2n) is 4.47. The van der Waals surface area contributed by atoms with Crippen molar-refractivity contribution in [3.05, 3.63) is 35.9 Å². The zero-order valence-corrected chi connectivity index (χ0v) is 9.69. The molecule has 1 aromatic rings. The summed E-state index contributed by atoms with van der Waals surface area (Å²) in [6.45, 7) is 5.47. The van der Waals surface area contributed by atoms with Gasteiger partial charge in [-0.05, 0) is 13.8 Å². The highest BCUT2D eigenvalue weighted by Gasteiger charge is 2.48. The highest BCUT2D eigenvalue weighted by molar-refractivity contribution is 5.74. The Hall–Kier alpha value is -1.39. The molecule has 2 rings (SSSR count). The molecule has 86 valence electrons. The first-order valence-corrected chi connectivity index (χ1v) is 5.24. The molecular formula is C12H16N2O2. The molecule has 1 aromatic carbocycles. The van der Waals surface area contributed by atoms with Gasteiger partial charge in [0, 0.05) is 12.5 Å². The maximum Gasteiger partial charge on any atom is 0.207 e. The van der Waals surface area contributed by atoms with E-state index in [2.05, 4.69) is 10.5 Å². The molecule has 1 aliphatic rings. The summed E-state index contributed by atoms with van der Waals surface area (Å²) in [5.41, 5.74) is 1.41. The molecule has 0 aliphatic carbocycles. The molecule has 2 N–H and O–H groups in total. The van der Waals surface area contributed by atoms with Gasteiger partial charge < -0.3 is 9.94 Å². The first-order valence-electron chi connectivity index (χ1n) is 5.24. The van der Waals surface area contributed by atoms with Crippen LogP contribution < -0.4 is 5.48 Å². The Kier molecular flexibility index (Phi) is 2.48. The van der Waals surface area contributed by atoms with E-state index < -0.39 is 11.3 Å². The Morgan fingerprint density at radius 2 is 1.88 bits per heavy atom. The fourth-order valence-corrected chi connectivity index (χ4v) is 1.86. The van der Waals surface area contributed by atoms with Crippen molar-refractivity contribution in [3.8, 4) is 0 Å². The lowest BCUT2D eigenvalue weighted by Crippen LogP contribution is -2.60. The Labute approximate surface area is 94.9 Å². The van der Waals surface area contributed by atoms with Gasteiger partial charge in [-0.25, -0.2) is 4.99 Å². The van der Waals surface area contributed by atoms with Crippen LogP contribution in [0.1, 0.15) is 26.3 Å². The predicted molar refractivity (Wildman–Crippen MR) is 61.7 cm³/mol. The summed E-state index contributed by atoms with van der Waals surface area (Å²) in [4.78, 5) is 9.46. The smallest absolute Gasteiger partial charge is 0.207 e. The van der Waals surface area contributed by atoms with Crippen molar-refractivity contribution in [3.63, 3.8) is 0 Å². The van der Waals surface area contributed by atoms with Crippen LogP contribution in [0.5, 0.6) is 0 Å². The third kappa shape index (κ3) is 1.60. The van der Waals surface area contributed by atoms with Gasteiger partial charge >= 0.3 is 0 Å². The predicted octanol–water partition coefficient (Wildman–Crippen LogP) is 1.56. The molecule has 16 heavy (non-hydrogen) atoms. The average molecular weight is 220 g/mol. The summed E-state index contributed by atoms with van der Waals surface area (Å²) >= 11 is 0. The normalized spacial score (nSPS) is 28.1. The Balaban J connectivity index is 2.47. The number of hydroxylamine groups is 1. The van der Waals surface area contributed by atoms with Crippen LogP contribution in [0.25, 0.3) is 0 Å². The third-order valence-electron chi connectivity index (χ3n) is 2.86. The maximum atomic E-state index is 10.6. The van der Waals surface area contributed by atoms with Gasteiger partial charge in [0.15, 0.2) is 5.72 Å². The second kappa shape index (κ2) is 3.57. The standard InChI is InChI=1S/C12H16N2O2/c1-9-13-11(2,3)12(15,14-16-9)10-7-5-4-6-8-10/h4-8,14-15H,1-3H3. The number of aliphatic imine (C=N–C) groups is 1. The van der Waals surface area contributed by atoms with Crippen LogP contribution in [0.15, 0.2) is 35.3 Å². The van der Waals surface area contributed by atoms with Crippen molar-refractivity contribution in [2.45, 2.75) is 32.0 Å². The maximum absolute atomic E-state index is 10.6. The van der Waals surface area contributed by atoms with Crippen LogP contribution in [-0.2, 0) is 10.6 Å². The lowest BCUT2D eigenvalue weighted by Gasteiger charge is -2.43. The Morgan fingerprint density at radius 1 is 1.25 bits per heavy atom. The molecule has 0 amide bonds. The Bertz CT molecular complexity index is 414. The summed E-state index contributed by atoms with van der Waals surface area (Å²) in [7, 11) is 0. The minimum Gasteiger partial charge on any atom is -0.391 e. The second-order valence-corrected chi connectivity index (χ2v) is 4.47. The van der Waals surface area contributed by atoms with Gasteiger partial charge in [-0.15, -0.1) is 5.48 Å². The highest BCUT2D eigenvalue weighted by Crippen LogP contribution is 2.35. The number of hydrogen-bond acceptors (Lipinski definition) is 4. The molecule has 0 spiro atoms. The molecule has 0 radical (unpaired) electrons. The zero-order valence-electron chi connectivity index (χ0n) is 9.69. The van der Waals surface area contributed by atoms with E-state index in [1.807, 2.05) is 44.2 Å². The molecule has 4 heteroatoms. The van der Waals surface area contributed by atoms with Crippen molar-refractivity contribution < 1.29 is 9.94 Å². The number of nitrogens with zero attached hydrogens (tertiary/aromatic N) is 1. The van der Waals surface area contributed by atoms with Gasteiger partial charge in [-0.1, -0.05) is 30.3 Å². The fourth-order valence-electron chi connectivity index (χ4n) is 1.86. The fraction of sp³-hybridized carbons (Fsp3) is 0.417.